The summed E-state index contributed by atoms with van der Waals surface area (Å²) in [5.41, 5.74) is 0. The number of thioether (sulfide) groups is 1. The van der Waals surface area contributed by atoms with E-state index in [4.69, 9.17) is 0 Å². The minimum absolute atomic E-state index is 0.0325. The van der Waals surface area contributed by atoms with Crippen LogP contribution in [0.3, 0.4) is 0 Å². The average Bonchev–Trinajstić information content (AvgIpc) is 1.80. The van der Waals surface area contributed by atoms with Crippen LogP contribution in [0, 0.1) is 0 Å². The first kappa shape index (κ1) is 6.28. The summed E-state index contributed by atoms with van der Waals surface area (Å²) < 4.78 is 0. The first-order valence-electron chi connectivity index (χ1n) is 2.23. The van der Waals surface area contributed by atoms with Crippen LogP contribution in [0.2, 0.25) is 0 Å². The number of rotatable bonds is 0. The molecule has 1 amide bonds. The molecule has 0 atom stereocenters. The van der Waals surface area contributed by atoms with Gasteiger partial charge in [0.2, 0.25) is 5.12 Å². The summed E-state index contributed by atoms with van der Waals surface area (Å²) in [5, 5.41) is 1.10. The van der Waals surface area contributed by atoms with Crippen LogP contribution in [0.1, 0.15) is 0 Å². The predicted octanol–water partition coefficient (Wildman–Crippen LogP) is -1.10. The second kappa shape index (κ2) is 2.18. The Hall–Kier alpha value is -0.840. The summed E-state index contributed by atoms with van der Waals surface area (Å²) in [5.74, 6) is -0.681. The SMILES string of the molecule is O=C1CNC(=O)C(=O)S1. The van der Waals surface area contributed by atoms with Gasteiger partial charge in [-0.2, -0.15) is 0 Å². The molecule has 9 heavy (non-hydrogen) atoms. The quantitative estimate of drug-likeness (QED) is 0.439. The monoisotopic (exact) mass is 145 g/mol. The van der Waals surface area contributed by atoms with Gasteiger partial charge in [-0.3, -0.25) is 14.4 Å². The fourth-order valence-electron chi connectivity index (χ4n) is 0.410. The Balaban J connectivity index is 2.64. The highest BCUT2D eigenvalue weighted by atomic mass is 32.2. The first-order valence-corrected chi connectivity index (χ1v) is 3.04. The number of hydrogen-bond donors (Lipinski definition) is 1. The lowest BCUT2D eigenvalue weighted by atomic mass is 10.6. The van der Waals surface area contributed by atoms with E-state index < -0.39 is 11.0 Å². The number of nitrogens with one attached hydrogen (secondary N) is 1. The van der Waals surface area contributed by atoms with Crippen LogP contribution in [-0.2, 0) is 14.4 Å². The summed E-state index contributed by atoms with van der Waals surface area (Å²) in [7, 11) is 0. The summed E-state index contributed by atoms with van der Waals surface area (Å²) in [6.07, 6.45) is 0. The van der Waals surface area contributed by atoms with Crippen molar-refractivity contribution in [1.82, 2.24) is 5.32 Å². The maximum absolute atomic E-state index is 10.3. The Morgan fingerprint density at radius 2 is 2.00 bits per heavy atom. The molecule has 5 heteroatoms. The molecule has 4 nitrogen and oxygen atoms in total. The van der Waals surface area contributed by atoms with E-state index in [0.29, 0.717) is 11.8 Å². The van der Waals surface area contributed by atoms with Crippen molar-refractivity contribution in [2.75, 3.05) is 6.54 Å². The van der Waals surface area contributed by atoms with Gasteiger partial charge in [0.1, 0.15) is 0 Å². The molecule has 1 heterocycles. The Morgan fingerprint density at radius 1 is 1.33 bits per heavy atom. The largest absolute Gasteiger partial charge is 0.341 e. The number of carbonyl (C=O) groups is 3. The van der Waals surface area contributed by atoms with Gasteiger partial charge in [-0.15, -0.1) is 0 Å². The van der Waals surface area contributed by atoms with Crippen molar-refractivity contribution in [3.8, 4) is 0 Å². The van der Waals surface area contributed by atoms with Gasteiger partial charge in [-0.05, 0) is 11.8 Å². The third kappa shape index (κ3) is 1.29. The first-order chi connectivity index (χ1) is 4.20. The van der Waals surface area contributed by atoms with Gasteiger partial charge in [0.05, 0.1) is 6.54 Å². The normalized spacial score (nSPS) is 19.8. The molecule has 1 N–H and O–H groups in total. The van der Waals surface area contributed by atoms with Gasteiger partial charge in [0, 0.05) is 0 Å². The lowest BCUT2D eigenvalue weighted by Gasteiger charge is -2.06. The summed E-state index contributed by atoms with van der Waals surface area (Å²) in [6, 6.07) is 0. The summed E-state index contributed by atoms with van der Waals surface area (Å²) >= 11 is 0.459. The van der Waals surface area contributed by atoms with Crippen LogP contribution in [0.4, 0.5) is 0 Å². The van der Waals surface area contributed by atoms with Gasteiger partial charge in [0.25, 0.3) is 11.0 Å². The smallest absolute Gasteiger partial charge is 0.299 e. The summed E-state index contributed by atoms with van der Waals surface area (Å²) in [4.78, 5) is 31.0. The van der Waals surface area contributed by atoms with E-state index in [1.165, 1.54) is 0 Å². The molecule has 1 aliphatic heterocycles. The van der Waals surface area contributed by atoms with E-state index >= 15 is 0 Å². The predicted molar refractivity (Wildman–Crippen MR) is 30.6 cm³/mol. The van der Waals surface area contributed by atoms with Crippen molar-refractivity contribution in [1.29, 1.82) is 0 Å². The maximum Gasteiger partial charge on any atom is 0.299 e. The Labute approximate surface area is 55.0 Å². The molecule has 1 saturated heterocycles. The zero-order valence-electron chi connectivity index (χ0n) is 4.34. The number of hydrogen-bond acceptors (Lipinski definition) is 4. The molecule has 0 spiro atoms. The molecule has 0 aromatic carbocycles. The number of carbonyl (C=O) groups excluding carboxylic acids is 3. The van der Waals surface area contributed by atoms with Crippen molar-refractivity contribution in [3.63, 3.8) is 0 Å². The molecule has 0 radical (unpaired) electrons. The summed E-state index contributed by atoms with van der Waals surface area (Å²) in [6.45, 7) is -0.0325. The van der Waals surface area contributed by atoms with Crippen LogP contribution in [0.25, 0.3) is 0 Å². The molecule has 0 aliphatic carbocycles. The van der Waals surface area contributed by atoms with E-state index in [1.807, 2.05) is 0 Å². The standard InChI is InChI=1S/C4H3NO3S/c6-2-1-5-3(7)4(8)9-2/h1H2,(H,5,7). The second-order valence-electron chi connectivity index (χ2n) is 1.44. The maximum atomic E-state index is 10.3. The minimum atomic E-state index is -0.716. The van der Waals surface area contributed by atoms with Crippen molar-refractivity contribution in [2.45, 2.75) is 0 Å². The Kier molecular flexibility index (Phi) is 1.52. The zero-order valence-corrected chi connectivity index (χ0v) is 5.16. The number of amides is 1. The van der Waals surface area contributed by atoms with Crippen LogP contribution in [-0.4, -0.2) is 22.7 Å². The fourth-order valence-corrected chi connectivity index (χ4v) is 0.926. The molecule has 0 aromatic rings. The van der Waals surface area contributed by atoms with Crippen LogP contribution in [0.15, 0.2) is 0 Å². The van der Waals surface area contributed by atoms with E-state index in [-0.39, 0.29) is 11.7 Å². The van der Waals surface area contributed by atoms with E-state index in [0.717, 1.165) is 0 Å². The highest BCUT2D eigenvalue weighted by Crippen LogP contribution is 2.06. The molecule has 1 rings (SSSR count). The van der Waals surface area contributed by atoms with E-state index in [9.17, 15) is 14.4 Å². The van der Waals surface area contributed by atoms with Crippen molar-refractivity contribution in [2.24, 2.45) is 0 Å². The van der Waals surface area contributed by atoms with Crippen molar-refractivity contribution in [3.05, 3.63) is 0 Å². The van der Waals surface area contributed by atoms with E-state index in [2.05, 4.69) is 5.32 Å². The molecule has 48 valence electrons. The minimum Gasteiger partial charge on any atom is -0.341 e. The fraction of sp³-hybridized carbons (Fsp3) is 0.250. The zero-order chi connectivity index (χ0) is 6.85. The van der Waals surface area contributed by atoms with Crippen molar-refractivity contribution >= 4 is 27.9 Å². The van der Waals surface area contributed by atoms with Crippen LogP contribution in [0.5, 0.6) is 0 Å². The molecule has 0 saturated carbocycles. The van der Waals surface area contributed by atoms with Gasteiger partial charge in [-0.25, -0.2) is 0 Å². The third-order valence-electron chi connectivity index (χ3n) is 0.785. The molecule has 0 unspecified atom stereocenters. The lowest BCUT2D eigenvalue weighted by Crippen LogP contribution is -2.38. The van der Waals surface area contributed by atoms with E-state index in [1.54, 1.807) is 0 Å². The van der Waals surface area contributed by atoms with Crippen LogP contribution >= 0.6 is 11.8 Å². The van der Waals surface area contributed by atoms with Crippen LogP contribution < -0.4 is 5.32 Å². The molecule has 0 bridgehead atoms. The Morgan fingerprint density at radius 3 is 2.44 bits per heavy atom. The van der Waals surface area contributed by atoms with Gasteiger partial charge < -0.3 is 5.32 Å². The van der Waals surface area contributed by atoms with Gasteiger partial charge >= 0.3 is 0 Å². The highest BCUT2D eigenvalue weighted by Gasteiger charge is 2.24. The molecular formula is C4H3NO3S. The van der Waals surface area contributed by atoms with Gasteiger partial charge in [-0.1, -0.05) is 0 Å². The second-order valence-corrected chi connectivity index (χ2v) is 2.47. The molecular weight excluding hydrogens is 142 g/mol. The average molecular weight is 145 g/mol. The highest BCUT2D eigenvalue weighted by molar-refractivity contribution is 8.27. The van der Waals surface area contributed by atoms with Gasteiger partial charge in [0.15, 0.2) is 0 Å². The third-order valence-corrected chi connectivity index (χ3v) is 1.53. The topological polar surface area (TPSA) is 63.2 Å². The lowest BCUT2D eigenvalue weighted by molar-refractivity contribution is -0.134. The Bertz CT molecular complexity index is 188. The molecule has 1 aliphatic rings. The molecule has 0 aromatic heterocycles. The van der Waals surface area contributed by atoms with Crippen molar-refractivity contribution < 1.29 is 14.4 Å². The molecule has 1 fully saturated rings.